The van der Waals surface area contributed by atoms with Gasteiger partial charge in [-0.25, -0.2) is 4.39 Å². The molecule has 0 fully saturated rings. The SMILES string of the molecule is CCCN(CCO)c1cc(C)c(F)cc1C(C)N. The summed E-state index contributed by atoms with van der Waals surface area (Å²) in [5.41, 5.74) is 8.23. The Balaban J connectivity index is 3.21. The number of nitrogens with two attached hydrogens (primary N) is 1. The van der Waals surface area contributed by atoms with Gasteiger partial charge in [0.1, 0.15) is 5.82 Å². The van der Waals surface area contributed by atoms with Crippen molar-refractivity contribution in [2.24, 2.45) is 5.73 Å². The number of aryl methyl sites for hydroxylation is 1. The minimum Gasteiger partial charge on any atom is -0.395 e. The van der Waals surface area contributed by atoms with Gasteiger partial charge in [0, 0.05) is 24.8 Å². The molecule has 1 rings (SSSR count). The Bertz CT molecular complexity index is 388. The molecule has 0 aliphatic rings. The Hall–Kier alpha value is -1.13. The first-order chi connectivity index (χ1) is 8.51. The number of rotatable bonds is 6. The number of halogens is 1. The number of anilines is 1. The summed E-state index contributed by atoms with van der Waals surface area (Å²) < 4.78 is 13.6. The standard InChI is InChI=1S/C14H23FN2O/c1-4-5-17(6-7-18)14-8-10(2)13(15)9-12(14)11(3)16/h8-9,11,18H,4-7,16H2,1-3H3. The number of hydrogen-bond acceptors (Lipinski definition) is 3. The van der Waals surface area contributed by atoms with Crippen molar-refractivity contribution in [2.45, 2.75) is 33.2 Å². The van der Waals surface area contributed by atoms with Crippen molar-refractivity contribution in [1.82, 2.24) is 0 Å². The second-order valence-corrected chi connectivity index (χ2v) is 4.66. The van der Waals surface area contributed by atoms with Crippen LogP contribution in [0.4, 0.5) is 10.1 Å². The lowest BCUT2D eigenvalue weighted by Crippen LogP contribution is -2.29. The van der Waals surface area contributed by atoms with Gasteiger partial charge >= 0.3 is 0 Å². The van der Waals surface area contributed by atoms with E-state index in [9.17, 15) is 4.39 Å². The van der Waals surface area contributed by atoms with Crippen LogP contribution in [-0.2, 0) is 0 Å². The Morgan fingerprint density at radius 3 is 2.56 bits per heavy atom. The molecule has 4 heteroatoms. The summed E-state index contributed by atoms with van der Waals surface area (Å²) in [5.74, 6) is -0.230. The molecule has 3 N–H and O–H groups in total. The number of benzene rings is 1. The van der Waals surface area contributed by atoms with Crippen LogP contribution >= 0.6 is 0 Å². The number of nitrogens with zero attached hydrogens (tertiary/aromatic N) is 1. The van der Waals surface area contributed by atoms with Gasteiger partial charge in [0.05, 0.1) is 6.61 Å². The highest BCUT2D eigenvalue weighted by Gasteiger charge is 2.15. The predicted octanol–water partition coefficient (Wildman–Crippen LogP) is 2.36. The van der Waals surface area contributed by atoms with Gasteiger partial charge in [-0.05, 0) is 43.5 Å². The Kier molecular flexibility index (Phi) is 5.56. The number of aliphatic hydroxyl groups is 1. The maximum atomic E-state index is 13.6. The highest BCUT2D eigenvalue weighted by molar-refractivity contribution is 5.57. The van der Waals surface area contributed by atoms with E-state index in [4.69, 9.17) is 10.8 Å². The summed E-state index contributed by atoms with van der Waals surface area (Å²) in [6.45, 7) is 7.11. The number of hydrogen-bond donors (Lipinski definition) is 2. The zero-order valence-corrected chi connectivity index (χ0v) is 11.4. The van der Waals surface area contributed by atoms with E-state index < -0.39 is 0 Å². The first-order valence-corrected chi connectivity index (χ1v) is 6.42. The minimum absolute atomic E-state index is 0.0782. The lowest BCUT2D eigenvalue weighted by Gasteiger charge is -2.28. The summed E-state index contributed by atoms with van der Waals surface area (Å²) in [7, 11) is 0. The fraction of sp³-hybridized carbons (Fsp3) is 0.571. The lowest BCUT2D eigenvalue weighted by molar-refractivity contribution is 0.301. The van der Waals surface area contributed by atoms with Crippen LogP contribution in [0, 0.1) is 12.7 Å². The van der Waals surface area contributed by atoms with Crippen LogP contribution in [0.3, 0.4) is 0 Å². The second kappa shape index (κ2) is 6.71. The first-order valence-electron chi connectivity index (χ1n) is 6.42. The van der Waals surface area contributed by atoms with E-state index in [1.165, 1.54) is 6.07 Å². The normalized spacial score (nSPS) is 12.6. The van der Waals surface area contributed by atoms with Gasteiger partial charge in [0.2, 0.25) is 0 Å². The van der Waals surface area contributed by atoms with E-state index >= 15 is 0 Å². The van der Waals surface area contributed by atoms with Crippen molar-refractivity contribution >= 4 is 5.69 Å². The van der Waals surface area contributed by atoms with Crippen LogP contribution in [-0.4, -0.2) is 24.8 Å². The first kappa shape index (κ1) is 14.9. The van der Waals surface area contributed by atoms with E-state index in [2.05, 4.69) is 11.8 Å². The van der Waals surface area contributed by atoms with Crippen LogP contribution in [0.15, 0.2) is 12.1 Å². The van der Waals surface area contributed by atoms with Crippen molar-refractivity contribution in [3.05, 3.63) is 29.1 Å². The summed E-state index contributed by atoms with van der Waals surface area (Å²) in [4.78, 5) is 2.06. The van der Waals surface area contributed by atoms with Crippen molar-refractivity contribution in [3.63, 3.8) is 0 Å². The molecule has 0 saturated heterocycles. The average molecular weight is 254 g/mol. The molecular weight excluding hydrogens is 231 g/mol. The molecule has 0 heterocycles. The quantitative estimate of drug-likeness (QED) is 0.819. The molecule has 0 amide bonds. The zero-order valence-electron chi connectivity index (χ0n) is 11.4. The fourth-order valence-corrected chi connectivity index (χ4v) is 2.06. The third-order valence-corrected chi connectivity index (χ3v) is 3.00. The smallest absolute Gasteiger partial charge is 0.126 e. The van der Waals surface area contributed by atoms with Crippen LogP contribution in [0.5, 0.6) is 0 Å². The topological polar surface area (TPSA) is 49.5 Å². The zero-order chi connectivity index (χ0) is 13.7. The molecule has 102 valence electrons. The summed E-state index contributed by atoms with van der Waals surface area (Å²) in [6, 6.07) is 3.10. The average Bonchev–Trinajstić information content (AvgIpc) is 2.31. The van der Waals surface area contributed by atoms with Crippen molar-refractivity contribution < 1.29 is 9.50 Å². The van der Waals surface area contributed by atoms with E-state index in [-0.39, 0.29) is 18.5 Å². The molecule has 0 aliphatic heterocycles. The molecule has 0 bridgehead atoms. The van der Waals surface area contributed by atoms with Crippen LogP contribution in [0.1, 0.15) is 37.4 Å². The molecule has 18 heavy (non-hydrogen) atoms. The van der Waals surface area contributed by atoms with E-state index in [0.29, 0.717) is 12.1 Å². The van der Waals surface area contributed by atoms with Crippen LogP contribution in [0.2, 0.25) is 0 Å². The van der Waals surface area contributed by atoms with E-state index in [0.717, 1.165) is 24.2 Å². The lowest BCUT2D eigenvalue weighted by atomic mass is 10.0. The van der Waals surface area contributed by atoms with Gasteiger partial charge in [0.25, 0.3) is 0 Å². The van der Waals surface area contributed by atoms with Crippen molar-refractivity contribution in [1.29, 1.82) is 0 Å². The van der Waals surface area contributed by atoms with Crippen LogP contribution in [0.25, 0.3) is 0 Å². The molecule has 0 saturated carbocycles. The highest BCUT2D eigenvalue weighted by atomic mass is 19.1. The molecule has 1 aromatic rings. The molecule has 3 nitrogen and oxygen atoms in total. The number of aliphatic hydroxyl groups excluding tert-OH is 1. The summed E-state index contributed by atoms with van der Waals surface area (Å²) in [5, 5.41) is 9.13. The molecular formula is C14H23FN2O. The molecule has 1 atom stereocenters. The summed E-state index contributed by atoms with van der Waals surface area (Å²) in [6.07, 6.45) is 0.967. The van der Waals surface area contributed by atoms with Crippen LogP contribution < -0.4 is 10.6 Å². The largest absolute Gasteiger partial charge is 0.395 e. The van der Waals surface area contributed by atoms with Gasteiger partial charge in [-0.3, -0.25) is 0 Å². The van der Waals surface area contributed by atoms with E-state index in [1.807, 2.05) is 13.0 Å². The van der Waals surface area contributed by atoms with Crippen molar-refractivity contribution in [2.75, 3.05) is 24.6 Å². The van der Waals surface area contributed by atoms with E-state index in [1.54, 1.807) is 6.92 Å². The minimum atomic E-state index is -0.230. The molecule has 1 aromatic carbocycles. The molecule has 0 aliphatic carbocycles. The fourth-order valence-electron chi connectivity index (χ4n) is 2.06. The van der Waals surface area contributed by atoms with Gasteiger partial charge in [0.15, 0.2) is 0 Å². The van der Waals surface area contributed by atoms with Gasteiger partial charge in [-0.1, -0.05) is 6.92 Å². The van der Waals surface area contributed by atoms with Gasteiger partial charge in [-0.15, -0.1) is 0 Å². The third-order valence-electron chi connectivity index (χ3n) is 3.00. The molecule has 0 radical (unpaired) electrons. The summed E-state index contributed by atoms with van der Waals surface area (Å²) >= 11 is 0. The Morgan fingerprint density at radius 1 is 1.39 bits per heavy atom. The maximum Gasteiger partial charge on any atom is 0.126 e. The second-order valence-electron chi connectivity index (χ2n) is 4.66. The molecule has 0 aromatic heterocycles. The van der Waals surface area contributed by atoms with Gasteiger partial charge in [-0.2, -0.15) is 0 Å². The maximum absolute atomic E-state index is 13.6. The highest BCUT2D eigenvalue weighted by Crippen LogP contribution is 2.28. The third kappa shape index (κ3) is 3.43. The Labute approximate surface area is 108 Å². The molecule has 1 unspecified atom stereocenters. The monoisotopic (exact) mass is 254 g/mol. The Morgan fingerprint density at radius 2 is 2.06 bits per heavy atom. The predicted molar refractivity (Wildman–Crippen MR) is 73.3 cm³/mol. The van der Waals surface area contributed by atoms with Crippen molar-refractivity contribution in [3.8, 4) is 0 Å². The molecule has 0 spiro atoms. The van der Waals surface area contributed by atoms with Gasteiger partial charge < -0.3 is 15.7 Å².